The fourth-order valence-corrected chi connectivity index (χ4v) is 4.83. The van der Waals surface area contributed by atoms with Crippen molar-refractivity contribution in [1.29, 1.82) is 0 Å². The molecule has 0 atom stereocenters. The van der Waals surface area contributed by atoms with Crippen LogP contribution in [0.5, 0.6) is 0 Å². The third kappa shape index (κ3) is 1.73. The van der Waals surface area contributed by atoms with Gasteiger partial charge in [-0.05, 0) is 4.66 Å². The zero-order chi connectivity index (χ0) is 6.74. The summed E-state index contributed by atoms with van der Waals surface area (Å²) in [5, 5.41) is 0. The van der Waals surface area contributed by atoms with E-state index in [4.69, 9.17) is 22.2 Å². The standard InChI is InChI=1S/C5H8Cl2Si2/c6-8-5(9-7)3-1-2-4-5/h1-4H2. The summed E-state index contributed by atoms with van der Waals surface area (Å²) in [6.45, 7) is 0. The molecule has 50 valence electrons. The van der Waals surface area contributed by atoms with Crippen LogP contribution in [0.4, 0.5) is 0 Å². The highest BCUT2D eigenvalue weighted by Gasteiger charge is 2.33. The molecule has 1 saturated carbocycles. The number of hydrogen-bond acceptors (Lipinski definition) is 0. The molecule has 9 heavy (non-hydrogen) atoms. The van der Waals surface area contributed by atoms with Crippen molar-refractivity contribution in [2.75, 3.05) is 0 Å². The Morgan fingerprint density at radius 1 is 1.00 bits per heavy atom. The van der Waals surface area contributed by atoms with Crippen molar-refractivity contribution < 1.29 is 0 Å². The quantitative estimate of drug-likeness (QED) is 0.469. The van der Waals surface area contributed by atoms with Crippen LogP contribution in [0.3, 0.4) is 0 Å². The Morgan fingerprint density at radius 2 is 1.44 bits per heavy atom. The summed E-state index contributed by atoms with van der Waals surface area (Å²) in [4.78, 5) is 0. The summed E-state index contributed by atoms with van der Waals surface area (Å²) in [6, 6.07) is 0. The Kier molecular flexibility index (Phi) is 3.08. The van der Waals surface area contributed by atoms with Crippen LogP contribution >= 0.6 is 22.2 Å². The lowest BCUT2D eigenvalue weighted by atomic mass is 10.3. The first-order chi connectivity index (χ1) is 4.33. The molecule has 0 nitrogen and oxygen atoms in total. The van der Waals surface area contributed by atoms with E-state index in [-0.39, 0.29) is 0 Å². The summed E-state index contributed by atoms with van der Waals surface area (Å²) in [6.07, 6.45) is 5.19. The van der Waals surface area contributed by atoms with Crippen molar-refractivity contribution >= 4 is 39.8 Å². The fourth-order valence-electron chi connectivity index (χ4n) is 1.19. The maximum absolute atomic E-state index is 5.81. The van der Waals surface area contributed by atoms with Gasteiger partial charge in [-0.15, -0.1) is 0 Å². The Morgan fingerprint density at radius 3 is 1.67 bits per heavy atom. The molecule has 1 fully saturated rings. The molecule has 4 heteroatoms. The first kappa shape index (κ1) is 8.11. The fraction of sp³-hybridized carbons (Fsp3) is 1.00. The molecule has 0 heterocycles. The molecule has 0 N–H and O–H groups in total. The van der Waals surface area contributed by atoms with Crippen LogP contribution in [0.2, 0.25) is 4.66 Å². The summed E-state index contributed by atoms with van der Waals surface area (Å²) < 4.78 is 0.364. The molecular weight excluding hydrogens is 187 g/mol. The summed E-state index contributed by atoms with van der Waals surface area (Å²) in [7, 11) is 1.07. The minimum atomic E-state index is 0.364. The summed E-state index contributed by atoms with van der Waals surface area (Å²) >= 11 is 11.6. The second-order valence-electron chi connectivity index (χ2n) is 2.48. The van der Waals surface area contributed by atoms with Crippen LogP contribution in [0.1, 0.15) is 25.7 Å². The van der Waals surface area contributed by atoms with Gasteiger partial charge in [0.2, 0.25) is 0 Å². The third-order valence-corrected chi connectivity index (χ3v) is 7.41. The number of hydrogen-bond donors (Lipinski definition) is 0. The van der Waals surface area contributed by atoms with E-state index in [1.54, 1.807) is 0 Å². The first-order valence-electron chi connectivity index (χ1n) is 3.09. The van der Waals surface area contributed by atoms with Gasteiger partial charge in [0, 0.05) is 0 Å². The van der Waals surface area contributed by atoms with E-state index in [0.29, 0.717) is 22.3 Å². The second-order valence-corrected chi connectivity index (χ2v) is 6.40. The molecule has 0 spiro atoms. The van der Waals surface area contributed by atoms with Gasteiger partial charge in [0.05, 0.1) is 0 Å². The lowest BCUT2D eigenvalue weighted by Gasteiger charge is -2.19. The zero-order valence-corrected chi connectivity index (χ0v) is 8.60. The maximum Gasteiger partial charge on any atom is 0.176 e. The molecule has 1 aliphatic rings. The largest absolute Gasteiger partial charge is 0.176 e. The molecule has 1 aliphatic carbocycles. The highest BCUT2D eigenvalue weighted by molar-refractivity contribution is 7.08. The normalized spacial score (nSPS) is 24.7. The van der Waals surface area contributed by atoms with Crippen LogP contribution in [0, 0.1) is 0 Å². The minimum Gasteiger partial charge on any atom is -0.171 e. The van der Waals surface area contributed by atoms with Crippen LogP contribution in [-0.2, 0) is 0 Å². The lowest BCUT2D eigenvalue weighted by molar-refractivity contribution is 0.789. The van der Waals surface area contributed by atoms with Gasteiger partial charge in [-0.25, -0.2) is 0 Å². The van der Waals surface area contributed by atoms with Gasteiger partial charge in [0.1, 0.15) is 0 Å². The van der Waals surface area contributed by atoms with Gasteiger partial charge in [-0.3, -0.25) is 0 Å². The topological polar surface area (TPSA) is 0 Å². The minimum absolute atomic E-state index is 0.364. The van der Waals surface area contributed by atoms with Gasteiger partial charge in [-0.1, -0.05) is 25.7 Å². The third-order valence-electron chi connectivity index (χ3n) is 1.82. The molecule has 0 aromatic rings. The van der Waals surface area contributed by atoms with Crippen LogP contribution in [0.25, 0.3) is 0 Å². The number of rotatable bonds is 2. The molecule has 0 amide bonds. The molecule has 0 aromatic carbocycles. The van der Waals surface area contributed by atoms with Crippen LogP contribution in [-0.4, -0.2) is 17.7 Å². The Balaban J connectivity index is 2.45. The Bertz CT molecular complexity index is 85.0. The van der Waals surface area contributed by atoms with E-state index >= 15 is 0 Å². The van der Waals surface area contributed by atoms with Gasteiger partial charge in [0.15, 0.2) is 17.7 Å². The highest BCUT2D eigenvalue weighted by atomic mass is 35.6. The van der Waals surface area contributed by atoms with E-state index in [1.807, 2.05) is 0 Å². The molecule has 0 saturated heterocycles. The predicted octanol–water partition coefficient (Wildman–Crippen LogP) is 2.39. The van der Waals surface area contributed by atoms with E-state index < -0.39 is 0 Å². The van der Waals surface area contributed by atoms with Gasteiger partial charge in [-0.2, -0.15) is 22.2 Å². The second kappa shape index (κ2) is 3.42. The molecule has 1 rings (SSSR count). The summed E-state index contributed by atoms with van der Waals surface area (Å²) in [5.41, 5.74) is 0. The summed E-state index contributed by atoms with van der Waals surface area (Å²) in [5.74, 6) is 0. The van der Waals surface area contributed by atoms with Crippen LogP contribution < -0.4 is 0 Å². The van der Waals surface area contributed by atoms with Gasteiger partial charge < -0.3 is 0 Å². The first-order valence-corrected chi connectivity index (χ1v) is 7.11. The molecular formula is C5H8Cl2Si2. The van der Waals surface area contributed by atoms with Crippen molar-refractivity contribution in [3.63, 3.8) is 0 Å². The van der Waals surface area contributed by atoms with Crippen molar-refractivity contribution in [2.45, 2.75) is 30.3 Å². The zero-order valence-electron chi connectivity index (χ0n) is 5.08. The molecule has 0 unspecified atom stereocenters. The smallest absolute Gasteiger partial charge is 0.171 e. The predicted molar refractivity (Wildman–Crippen MR) is 44.4 cm³/mol. The Labute approximate surface area is 70.4 Å². The maximum atomic E-state index is 5.81. The lowest BCUT2D eigenvalue weighted by Crippen LogP contribution is -2.17. The number of halogens is 2. The molecule has 0 aliphatic heterocycles. The Hall–Kier alpha value is 1.01. The van der Waals surface area contributed by atoms with E-state index in [2.05, 4.69) is 0 Å². The molecule has 0 aromatic heterocycles. The SMILES string of the molecule is Cl[Si]C1([Si]Cl)CCCC1. The van der Waals surface area contributed by atoms with E-state index in [0.717, 1.165) is 0 Å². The van der Waals surface area contributed by atoms with Gasteiger partial charge in [0.25, 0.3) is 0 Å². The average molecular weight is 195 g/mol. The highest BCUT2D eigenvalue weighted by Crippen LogP contribution is 2.44. The van der Waals surface area contributed by atoms with Crippen molar-refractivity contribution in [2.24, 2.45) is 0 Å². The van der Waals surface area contributed by atoms with Crippen molar-refractivity contribution in [3.8, 4) is 0 Å². The van der Waals surface area contributed by atoms with E-state index in [1.165, 1.54) is 25.7 Å². The van der Waals surface area contributed by atoms with Gasteiger partial charge >= 0.3 is 0 Å². The van der Waals surface area contributed by atoms with E-state index in [9.17, 15) is 0 Å². The van der Waals surface area contributed by atoms with Crippen molar-refractivity contribution in [3.05, 3.63) is 0 Å². The monoisotopic (exact) mass is 194 g/mol. The van der Waals surface area contributed by atoms with Crippen molar-refractivity contribution in [1.82, 2.24) is 0 Å². The average Bonchev–Trinajstić information content (AvgIpc) is 2.36. The van der Waals surface area contributed by atoms with Crippen LogP contribution in [0.15, 0.2) is 0 Å². The molecule has 0 bridgehead atoms. The molecule has 4 radical (unpaired) electrons.